The van der Waals surface area contributed by atoms with Gasteiger partial charge >= 0.3 is 5.97 Å². The number of ether oxygens (including phenoxy) is 1. The predicted octanol–water partition coefficient (Wildman–Crippen LogP) is 4.47. The summed E-state index contributed by atoms with van der Waals surface area (Å²) in [5, 5.41) is 0. The van der Waals surface area contributed by atoms with E-state index in [1.807, 2.05) is 36.4 Å². The van der Waals surface area contributed by atoms with Gasteiger partial charge in [-0.3, -0.25) is 9.59 Å². The summed E-state index contributed by atoms with van der Waals surface area (Å²) >= 11 is 3.32. The van der Waals surface area contributed by atoms with Crippen LogP contribution in [0.25, 0.3) is 10.2 Å². The van der Waals surface area contributed by atoms with Crippen LogP contribution >= 0.6 is 23.1 Å². The molecule has 3 aromatic rings. The van der Waals surface area contributed by atoms with E-state index >= 15 is 0 Å². The molecule has 1 aliphatic heterocycles. The van der Waals surface area contributed by atoms with Crippen LogP contribution in [0, 0.1) is 0 Å². The second kappa shape index (κ2) is 8.32. The van der Waals surface area contributed by atoms with Crippen LogP contribution in [0.3, 0.4) is 0 Å². The minimum atomic E-state index is -0.410. The standard InChI is InChI=1S/C21H20N2O3S2/c1-2-26-20(24)12-23(14-7-8-19-17(11-14)22-13-28-19)21(25)16-9-10-27-18-6-4-3-5-15(16)18/h3-8,11,13,16H,2,9-10,12H2,1H3. The third-order valence-electron chi connectivity index (χ3n) is 4.74. The van der Waals surface area contributed by atoms with Crippen LogP contribution in [0.5, 0.6) is 0 Å². The molecule has 28 heavy (non-hydrogen) atoms. The van der Waals surface area contributed by atoms with Crippen LogP contribution in [0.2, 0.25) is 0 Å². The van der Waals surface area contributed by atoms with E-state index in [1.165, 1.54) is 0 Å². The van der Waals surface area contributed by atoms with Gasteiger partial charge in [-0.1, -0.05) is 18.2 Å². The zero-order valence-corrected chi connectivity index (χ0v) is 17.1. The lowest BCUT2D eigenvalue weighted by Gasteiger charge is -2.30. The van der Waals surface area contributed by atoms with E-state index in [2.05, 4.69) is 11.1 Å². The second-order valence-corrected chi connectivity index (χ2v) is 8.48. The van der Waals surface area contributed by atoms with Gasteiger partial charge in [0.2, 0.25) is 5.91 Å². The molecule has 4 rings (SSSR count). The molecule has 1 aromatic heterocycles. The number of rotatable bonds is 5. The molecular weight excluding hydrogens is 392 g/mol. The number of nitrogens with zero attached hydrogens (tertiary/aromatic N) is 2. The van der Waals surface area contributed by atoms with Gasteiger partial charge in [0.05, 0.1) is 28.3 Å². The first-order valence-corrected chi connectivity index (χ1v) is 11.1. The Bertz CT molecular complexity index is 1020. The fourth-order valence-electron chi connectivity index (χ4n) is 3.43. The van der Waals surface area contributed by atoms with Crippen LogP contribution in [0.15, 0.2) is 52.9 Å². The van der Waals surface area contributed by atoms with Gasteiger partial charge < -0.3 is 9.64 Å². The number of thiazole rings is 1. The van der Waals surface area contributed by atoms with Gasteiger partial charge in [-0.25, -0.2) is 4.98 Å². The van der Waals surface area contributed by atoms with Crippen molar-refractivity contribution in [3.05, 3.63) is 53.5 Å². The molecule has 0 fully saturated rings. The summed E-state index contributed by atoms with van der Waals surface area (Å²) in [7, 11) is 0. The Morgan fingerprint density at radius 3 is 2.96 bits per heavy atom. The molecule has 0 bridgehead atoms. The number of thioether (sulfide) groups is 1. The van der Waals surface area contributed by atoms with E-state index in [1.54, 1.807) is 40.4 Å². The predicted molar refractivity (Wildman–Crippen MR) is 113 cm³/mol. The van der Waals surface area contributed by atoms with E-state index in [9.17, 15) is 9.59 Å². The molecule has 1 amide bonds. The molecule has 144 valence electrons. The Hall–Kier alpha value is -2.38. The molecule has 0 spiro atoms. The number of hydrogen-bond acceptors (Lipinski definition) is 6. The van der Waals surface area contributed by atoms with E-state index in [-0.39, 0.29) is 25.0 Å². The lowest BCUT2D eigenvalue weighted by atomic mass is 9.94. The summed E-state index contributed by atoms with van der Waals surface area (Å²) in [5.74, 6) is 0.132. The van der Waals surface area contributed by atoms with Crippen molar-refractivity contribution in [2.75, 3.05) is 23.8 Å². The van der Waals surface area contributed by atoms with Crippen molar-refractivity contribution in [3.63, 3.8) is 0 Å². The summed E-state index contributed by atoms with van der Waals surface area (Å²) < 4.78 is 6.17. The maximum atomic E-state index is 13.6. The second-order valence-electron chi connectivity index (χ2n) is 6.46. The van der Waals surface area contributed by atoms with E-state index < -0.39 is 5.97 Å². The summed E-state index contributed by atoms with van der Waals surface area (Å²) in [6.07, 6.45) is 0.749. The quantitative estimate of drug-likeness (QED) is 0.579. The highest BCUT2D eigenvalue weighted by molar-refractivity contribution is 7.99. The minimum absolute atomic E-state index is 0.0737. The first-order valence-electron chi connectivity index (χ1n) is 9.19. The topological polar surface area (TPSA) is 59.5 Å². The van der Waals surface area contributed by atoms with Crippen molar-refractivity contribution in [2.24, 2.45) is 0 Å². The van der Waals surface area contributed by atoms with Gasteiger partial charge in [0.1, 0.15) is 6.54 Å². The van der Waals surface area contributed by atoms with Gasteiger partial charge in [0.25, 0.3) is 0 Å². The number of carbonyl (C=O) groups excluding carboxylic acids is 2. The molecule has 7 heteroatoms. The molecular formula is C21H20N2O3S2. The van der Waals surface area contributed by atoms with Crippen LogP contribution in [-0.4, -0.2) is 35.8 Å². The van der Waals surface area contributed by atoms with E-state index in [0.29, 0.717) is 5.69 Å². The Morgan fingerprint density at radius 2 is 2.11 bits per heavy atom. The van der Waals surface area contributed by atoms with Crippen LogP contribution in [-0.2, 0) is 14.3 Å². The molecule has 1 atom stereocenters. The first-order chi connectivity index (χ1) is 13.7. The van der Waals surface area contributed by atoms with Crippen molar-refractivity contribution in [1.82, 2.24) is 4.98 Å². The van der Waals surface area contributed by atoms with E-state index in [4.69, 9.17) is 4.74 Å². The number of aromatic nitrogens is 1. The number of esters is 1. The normalized spacial score (nSPS) is 15.8. The molecule has 0 radical (unpaired) electrons. The maximum Gasteiger partial charge on any atom is 0.326 e. The molecule has 2 heterocycles. The molecule has 1 unspecified atom stereocenters. The summed E-state index contributed by atoms with van der Waals surface area (Å²) in [4.78, 5) is 32.8. The zero-order valence-electron chi connectivity index (χ0n) is 15.5. The average molecular weight is 413 g/mol. The Labute approximate surface area is 171 Å². The summed E-state index contributed by atoms with van der Waals surface area (Å²) in [5.41, 5.74) is 4.31. The number of benzene rings is 2. The zero-order chi connectivity index (χ0) is 19.5. The van der Waals surface area contributed by atoms with Gasteiger partial charge in [0.15, 0.2) is 0 Å². The lowest BCUT2D eigenvalue weighted by molar-refractivity contribution is -0.142. The first kappa shape index (κ1) is 19.0. The highest BCUT2D eigenvalue weighted by atomic mass is 32.2. The smallest absolute Gasteiger partial charge is 0.326 e. The van der Waals surface area contributed by atoms with Crippen molar-refractivity contribution >= 4 is 50.9 Å². The number of anilines is 1. The minimum Gasteiger partial charge on any atom is -0.465 e. The highest BCUT2D eigenvalue weighted by Gasteiger charge is 2.32. The third-order valence-corrected chi connectivity index (χ3v) is 6.67. The number of carbonyl (C=O) groups is 2. The Kier molecular flexibility index (Phi) is 5.64. The fourth-order valence-corrected chi connectivity index (χ4v) is 5.22. The number of amides is 1. The van der Waals surface area contributed by atoms with Gasteiger partial charge in [0, 0.05) is 10.6 Å². The van der Waals surface area contributed by atoms with Crippen molar-refractivity contribution in [1.29, 1.82) is 0 Å². The van der Waals surface area contributed by atoms with Crippen LogP contribution in [0.4, 0.5) is 5.69 Å². The molecule has 0 N–H and O–H groups in total. The van der Waals surface area contributed by atoms with Crippen molar-refractivity contribution in [3.8, 4) is 0 Å². The van der Waals surface area contributed by atoms with Crippen LogP contribution in [0.1, 0.15) is 24.8 Å². The number of hydrogen-bond donors (Lipinski definition) is 0. The third kappa shape index (κ3) is 3.77. The SMILES string of the molecule is CCOC(=O)CN(C(=O)C1CCSc2ccccc21)c1ccc2scnc2c1. The van der Waals surface area contributed by atoms with Crippen molar-refractivity contribution in [2.45, 2.75) is 24.2 Å². The van der Waals surface area contributed by atoms with E-state index in [0.717, 1.165) is 32.8 Å². The molecule has 0 saturated carbocycles. The van der Waals surface area contributed by atoms with Gasteiger partial charge in [-0.2, -0.15) is 0 Å². The lowest BCUT2D eigenvalue weighted by Crippen LogP contribution is -2.40. The number of fused-ring (bicyclic) bond motifs is 2. The summed E-state index contributed by atoms with van der Waals surface area (Å²) in [6, 6.07) is 13.7. The molecule has 2 aromatic carbocycles. The Morgan fingerprint density at radius 1 is 1.25 bits per heavy atom. The molecule has 0 aliphatic carbocycles. The van der Waals surface area contributed by atoms with Gasteiger partial charge in [-0.05, 0) is 48.9 Å². The van der Waals surface area contributed by atoms with Crippen LogP contribution < -0.4 is 4.90 Å². The molecule has 1 aliphatic rings. The average Bonchev–Trinajstić information content (AvgIpc) is 3.19. The van der Waals surface area contributed by atoms with Gasteiger partial charge in [-0.15, -0.1) is 23.1 Å². The summed E-state index contributed by atoms with van der Waals surface area (Å²) in [6.45, 7) is 1.95. The fraction of sp³-hybridized carbons (Fsp3) is 0.286. The molecule has 5 nitrogen and oxygen atoms in total. The maximum absolute atomic E-state index is 13.6. The Balaban J connectivity index is 1.70. The van der Waals surface area contributed by atoms with Crippen molar-refractivity contribution < 1.29 is 14.3 Å². The molecule has 0 saturated heterocycles. The highest BCUT2D eigenvalue weighted by Crippen LogP contribution is 2.39. The largest absolute Gasteiger partial charge is 0.465 e. The monoisotopic (exact) mass is 412 g/mol.